The van der Waals surface area contributed by atoms with E-state index in [0.717, 1.165) is 22.7 Å². The summed E-state index contributed by atoms with van der Waals surface area (Å²) in [5, 5.41) is 21.8. The van der Waals surface area contributed by atoms with Gasteiger partial charge in [-0.05, 0) is 29.7 Å². The van der Waals surface area contributed by atoms with Gasteiger partial charge in [0.25, 0.3) is 5.91 Å². The van der Waals surface area contributed by atoms with Crippen molar-refractivity contribution in [1.82, 2.24) is 9.96 Å². The van der Waals surface area contributed by atoms with E-state index in [2.05, 4.69) is 4.90 Å². The number of aliphatic hydroxyl groups excluding tert-OH is 1. The summed E-state index contributed by atoms with van der Waals surface area (Å²) in [7, 11) is 0. The molecule has 2 atom stereocenters. The van der Waals surface area contributed by atoms with Gasteiger partial charge in [0.15, 0.2) is 0 Å². The highest BCUT2D eigenvalue weighted by atomic mass is 35.5. The predicted molar refractivity (Wildman–Crippen MR) is 100 cm³/mol. The lowest BCUT2D eigenvalue weighted by Crippen LogP contribution is -2.40. The van der Waals surface area contributed by atoms with Crippen molar-refractivity contribution in [3.8, 4) is 0 Å². The van der Waals surface area contributed by atoms with Crippen LogP contribution in [-0.4, -0.2) is 51.9 Å². The molecule has 0 saturated carbocycles. The molecule has 1 heterocycles. The fourth-order valence-electron chi connectivity index (χ4n) is 3.30. The highest BCUT2D eigenvalue weighted by Gasteiger charge is 2.29. The maximum atomic E-state index is 12.6. The quantitative estimate of drug-likeness (QED) is 0.602. The van der Waals surface area contributed by atoms with Gasteiger partial charge in [0.2, 0.25) is 0 Å². The van der Waals surface area contributed by atoms with Gasteiger partial charge in [-0.2, -0.15) is 0 Å². The lowest BCUT2D eigenvalue weighted by molar-refractivity contribution is -0.177. The van der Waals surface area contributed by atoms with Crippen molar-refractivity contribution in [3.63, 3.8) is 0 Å². The van der Waals surface area contributed by atoms with E-state index in [1.165, 1.54) is 0 Å². The summed E-state index contributed by atoms with van der Waals surface area (Å²) in [5.41, 5.74) is 1.61. The summed E-state index contributed by atoms with van der Waals surface area (Å²) >= 11 is 5.98. The highest BCUT2D eigenvalue weighted by molar-refractivity contribution is 6.30. The first-order valence-corrected chi connectivity index (χ1v) is 9.11. The number of β-amino-alcohol motifs (C(OH)–C–C–N with tert-alkyl or cyclic N) is 1. The average molecular weight is 375 g/mol. The van der Waals surface area contributed by atoms with Gasteiger partial charge in [0.05, 0.1) is 18.6 Å². The first-order chi connectivity index (χ1) is 12.5. The van der Waals surface area contributed by atoms with Gasteiger partial charge in [0.1, 0.15) is 0 Å². The van der Waals surface area contributed by atoms with Crippen LogP contribution in [0.4, 0.5) is 0 Å². The summed E-state index contributed by atoms with van der Waals surface area (Å²) in [6.45, 7) is 1.78. The largest absolute Gasteiger partial charge is 0.392 e. The minimum Gasteiger partial charge on any atom is -0.392 e. The molecule has 0 aliphatic carbocycles. The third-order valence-corrected chi connectivity index (χ3v) is 4.89. The number of hydrogen-bond donors (Lipinski definition) is 2. The maximum absolute atomic E-state index is 12.6. The maximum Gasteiger partial charge on any atom is 0.250 e. The number of hydrogen-bond acceptors (Lipinski definition) is 4. The van der Waals surface area contributed by atoms with Crippen LogP contribution in [0.5, 0.6) is 0 Å². The molecule has 0 radical (unpaired) electrons. The Morgan fingerprint density at radius 1 is 1.23 bits per heavy atom. The number of hydroxylamine groups is 2. The first-order valence-electron chi connectivity index (χ1n) is 8.73. The average Bonchev–Trinajstić information content (AvgIpc) is 3.05. The molecule has 0 bridgehead atoms. The minimum absolute atomic E-state index is 0.0724. The molecule has 1 amide bonds. The highest BCUT2D eigenvalue weighted by Crippen LogP contribution is 2.24. The number of carbonyl (C=O) groups is 1. The van der Waals surface area contributed by atoms with Crippen LogP contribution in [0.25, 0.3) is 0 Å². The molecule has 2 N–H and O–H groups in total. The molecule has 6 heteroatoms. The Bertz CT molecular complexity index is 741. The van der Waals surface area contributed by atoms with Crippen LogP contribution >= 0.6 is 11.6 Å². The standard InChI is InChI=1S/C20H23ClN2O3/c21-17-8-4-5-15(11-17)12-20(25)23(26)19(16-6-2-1-3-7-16)14-22-10-9-18(24)13-22/h1-8,11,18-19,24,26H,9-10,12-14H2/t18-,19+/m0/s1. The molecule has 5 nitrogen and oxygen atoms in total. The van der Waals surface area contributed by atoms with E-state index < -0.39 is 6.04 Å². The molecule has 1 saturated heterocycles. The van der Waals surface area contributed by atoms with Crippen molar-refractivity contribution < 1.29 is 15.1 Å². The zero-order chi connectivity index (χ0) is 18.5. The monoisotopic (exact) mass is 374 g/mol. The summed E-state index contributed by atoms with van der Waals surface area (Å²) in [4.78, 5) is 14.7. The molecule has 1 aliphatic rings. The van der Waals surface area contributed by atoms with Crippen LogP contribution in [0.2, 0.25) is 5.02 Å². The van der Waals surface area contributed by atoms with Crippen molar-refractivity contribution >= 4 is 17.5 Å². The van der Waals surface area contributed by atoms with E-state index in [4.69, 9.17) is 11.6 Å². The van der Waals surface area contributed by atoms with E-state index in [1.807, 2.05) is 36.4 Å². The Hall–Kier alpha value is -1.92. The summed E-state index contributed by atoms with van der Waals surface area (Å²) in [5.74, 6) is -0.388. The zero-order valence-corrected chi connectivity index (χ0v) is 15.2. The lowest BCUT2D eigenvalue weighted by atomic mass is 10.0. The number of amides is 1. The Morgan fingerprint density at radius 3 is 2.65 bits per heavy atom. The molecule has 0 spiro atoms. The number of nitrogens with zero attached hydrogens (tertiary/aromatic N) is 2. The Kier molecular flexibility index (Phi) is 6.27. The van der Waals surface area contributed by atoms with Crippen LogP contribution in [0.3, 0.4) is 0 Å². The fourth-order valence-corrected chi connectivity index (χ4v) is 3.51. The van der Waals surface area contributed by atoms with Crippen molar-refractivity contribution in [2.75, 3.05) is 19.6 Å². The number of carbonyl (C=O) groups excluding carboxylic acids is 1. The van der Waals surface area contributed by atoms with Crippen molar-refractivity contribution in [1.29, 1.82) is 0 Å². The number of rotatable bonds is 6. The van der Waals surface area contributed by atoms with E-state index in [9.17, 15) is 15.1 Å². The minimum atomic E-state index is -0.492. The summed E-state index contributed by atoms with van der Waals surface area (Å²) < 4.78 is 0. The molecule has 3 rings (SSSR count). The molecule has 1 aliphatic heterocycles. The van der Waals surface area contributed by atoms with Crippen molar-refractivity contribution in [2.24, 2.45) is 0 Å². The van der Waals surface area contributed by atoms with Crippen LogP contribution in [0.15, 0.2) is 54.6 Å². The Labute approximate surface area is 158 Å². The topological polar surface area (TPSA) is 64.0 Å². The molecule has 0 aromatic heterocycles. The molecule has 0 unspecified atom stereocenters. The first kappa shape index (κ1) is 18.9. The number of halogens is 1. The van der Waals surface area contributed by atoms with Crippen LogP contribution in [0.1, 0.15) is 23.6 Å². The van der Waals surface area contributed by atoms with E-state index in [0.29, 0.717) is 24.5 Å². The van der Waals surface area contributed by atoms with Crippen LogP contribution in [-0.2, 0) is 11.2 Å². The Morgan fingerprint density at radius 2 is 2.00 bits per heavy atom. The molecule has 2 aromatic carbocycles. The van der Waals surface area contributed by atoms with Gasteiger partial charge in [-0.25, -0.2) is 5.06 Å². The van der Waals surface area contributed by atoms with Gasteiger partial charge in [-0.3, -0.25) is 14.9 Å². The molecular weight excluding hydrogens is 352 g/mol. The summed E-state index contributed by atoms with van der Waals surface area (Å²) in [6.07, 6.45) is 0.438. The smallest absolute Gasteiger partial charge is 0.250 e. The zero-order valence-electron chi connectivity index (χ0n) is 14.5. The molecular formula is C20H23ClN2O3. The normalized spacial score (nSPS) is 18.7. The number of benzene rings is 2. The second kappa shape index (κ2) is 8.64. The fraction of sp³-hybridized carbons (Fsp3) is 0.350. The van der Waals surface area contributed by atoms with Gasteiger partial charge in [0, 0.05) is 24.7 Å². The van der Waals surface area contributed by atoms with Crippen molar-refractivity contribution in [3.05, 3.63) is 70.7 Å². The lowest BCUT2D eigenvalue weighted by Gasteiger charge is -2.30. The molecule has 138 valence electrons. The second-order valence-corrected chi connectivity index (χ2v) is 7.11. The molecule has 1 fully saturated rings. The Balaban J connectivity index is 1.75. The number of aliphatic hydroxyl groups is 1. The van der Waals surface area contributed by atoms with Gasteiger partial charge in [-0.1, -0.05) is 54.1 Å². The van der Waals surface area contributed by atoms with Crippen LogP contribution < -0.4 is 0 Å². The van der Waals surface area contributed by atoms with Gasteiger partial charge >= 0.3 is 0 Å². The molecule has 2 aromatic rings. The van der Waals surface area contributed by atoms with E-state index >= 15 is 0 Å². The third-order valence-electron chi connectivity index (χ3n) is 4.66. The SMILES string of the molecule is O=C(Cc1cccc(Cl)c1)N(O)[C@H](CN1CC[C@H](O)C1)c1ccccc1. The van der Waals surface area contributed by atoms with E-state index in [1.54, 1.807) is 18.2 Å². The number of likely N-dealkylation sites (tertiary alicyclic amines) is 1. The van der Waals surface area contributed by atoms with Gasteiger partial charge in [-0.15, -0.1) is 0 Å². The van der Waals surface area contributed by atoms with Crippen LogP contribution in [0, 0.1) is 0 Å². The van der Waals surface area contributed by atoms with Crippen molar-refractivity contribution in [2.45, 2.75) is 25.0 Å². The van der Waals surface area contributed by atoms with Gasteiger partial charge < -0.3 is 5.11 Å². The third kappa shape index (κ3) is 4.83. The van der Waals surface area contributed by atoms with E-state index in [-0.39, 0.29) is 18.4 Å². The molecule has 26 heavy (non-hydrogen) atoms. The summed E-state index contributed by atoms with van der Waals surface area (Å²) in [6, 6.07) is 16.0. The predicted octanol–water partition coefficient (Wildman–Crippen LogP) is 2.91. The second-order valence-electron chi connectivity index (χ2n) is 6.67.